The van der Waals surface area contributed by atoms with Crippen molar-refractivity contribution < 1.29 is 14.7 Å². The first-order valence-electron chi connectivity index (χ1n) is 5.89. The summed E-state index contributed by atoms with van der Waals surface area (Å²) in [5.41, 5.74) is 1.36. The summed E-state index contributed by atoms with van der Waals surface area (Å²) in [6.45, 7) is 1.74. The number of rotatable bonds is 3. The molecule has 2 aromatic rings. The number of hydrogen-bond donors (Lipinski definition) is 2. The van der Waals surface area contributed by atoms with Gasteiger partial charge in [0.2, 0.25) is 0 Å². The maximum Gasteiger partial charge on any atom is 0.337 e. The van der Waals surface area contributed by atoms with Crippen LogP contribution in [0.2, 0.25) is 5.02 Å². The van der Waals surface area contributed by atoms with Crippen LogP contribution in [-0.4, -0.2) is 17.0 Å². The Kier molecular flexibility index (Phi) is 4.05. The van der Waals surface area contributed by atoms with Crippen LogP contribution in [0.3, 0.4) is 0 Å². The zero-order chi connectivity index (χ0) is 14.7. The number of aromatic carboxylic acids is 1. The van der Waals surface area contributed by atoms with Crippen molar-refractivity contribution >= 4 is 29.2 Å². The number of nitrogens with one attached hydrogen (secondary N) is 1. The largest absolute Gasteiger partial charge is 0.478 e. The van der Waals surface area contributed by atoms with Gasteiger partial charge in [-0.2, -0.15) is 0 Å². The number of carboxylic acid groups (broad SMARTS) is 1. The molecule has 0 saturated carbocycles. The third-order valence-electron chi connectivity index (χ3n) is 2.92. The van der Waals surface area contributed by atoms with E-state index in [1.165, 1.54) is 6.07 Å². The topological polar surface area (TPSA) is 66.4 Å². The SMILES string of the molecule is Cc1c(Cl)cccc1C(=O)Nc1ccccc1C(=O)O. The molecule has 0 aliphatic heterocycles. The highest BCUT2D eigenvalue weighted by Gasteiger charge is 2.15. The van der Waals surface area contributed by atoms with Crippen LogP contribution in [0.1, 0.15) is 26.3 Å². The lowest BCUT2D eigenvalue weighted by molar-refractivity contribution is 0.0698. The standard InChI is InChI=1S/C15H12ClNO3/c1-9-10(6-4-7-12(9)16)14(18)17-13-8-3-2-5-11(13)15(19)20/h2-8H,1H3,(H,17,18)(H,19,20). The summed E-state index contributed by atoms with van der Waals surface area (Å²) >= 11 is 5.97. The van der Waals surface area contributed by atoms with Gasteiger partial charge in [-0.15, -0.1) is 0 Å². The monoisotopic (exact) mass is 289 g/mol. The van der Waals surface area contributed by atoms with Gasteiger partial charge in [-0.25, -0.2) is 4.79 Å². The van der Waals surface area contributed by atoms with E-state index in [1.54, 1.807) is 43.3 Å². The van der Waals surface area contributed by atoms with Crippen molar-refractivity contribution in [2.75, 3.05) is 5.32 Å². The summed E-state index contributed by atoms with van der Waals surface area (Å²) in [5.74, 6) is -1.48. The quantitative estimate of drug-likeness (QED) is 0.907. The van der Waals surface area contributed by atoms with Gasteiger partial charge in [-0.05, 0) is 36.8 Å². The molecule has 0 aromatic heterocycles. The van der Waals surface area contributed by atoms with Crippen LogP contribution in [-0.2, 0) is 0 Å². The van der Waals surface area contributed by atoms with Crippen LogP contribution in [0.4, 0.5) is 5.69 Å². The lowest BCUT2D eigenvalue weighted by Crippen LogP contribution is -2.16. The Morgan fingerprint density at radius 2 is 1.70 bits per heavy atom. The minimum absolute atomic E-state index is 0.0422. The average Bonchev–Trinajstić information content (AvgIpc) is 2.42. The van der Waals surface area contributed by atoms with Crippen molar-refractivity contribution in [1.82, 2.24) is 0 Å². The van der Waals surface area contributed by atoms with Gasteiger partial charge in [0.25, 0.3) is 5.91 Å². The van der Waals surface area contributed by atoms with Crippen molar-refractivity contribution in [1.29, 1.82) is 0 Å². The maximum atomic E-state index is 12.2. The number of amides is 1. The number of carboxylic acids is 1. The molecular formula is C15H12ClNO3. The summed E-state index contributed by atoms with van der Waals surface area (Å²) in [4.78, 5) is 23.3. The van der Waals surface area contributed by atoms with Gasteiger partial charge in [-0.1, -0.05) is 29.8 Å². The first kappa shape index (κ1) is 14.1. The van der Waals surface area contributed by atoms with Gasteiger partial charge < -0.3 is 10.4 Å². The molecule has 0 aliphatic rings. The van der Waals surface area contributed by atoms with Gasteiger partial charge in [0.1, 0.15) is 0 Å². The molecule has 5 heteroatoms. The van der Waals surface area contributed by atoms with Gasteiger partial charge in [-0.3, -0.25) is 4.79 Å². The molecule has 2 N–H and O–H groups in total. The number of carbonyl (C=O) groups is 2. The van der Waals surface area contributed by atoms with E-state index < -0.39 is 11.9 Å². The lowest BCUT2D eigenvalue weighted by atomic mass is 10.1. The Morgan fingerprint density at radius 3 is 2.40 bits per heavy atom. The van der Waals surface area contributed by atoms with E-state index in [1.807, 2.05) is 0 Å². The molecule has 0 heterocycles. The third kappa shape index (κ3) is 2.81. The minimum atomic E-state index is -1.09. The lowest BCUT2D eigenvalue weighted by Gasteiger charge is -2.10. The molecule has 0 radical (unpaired) electrons. The van der Waals surface area contributed by atoms with E-state index >= 15 is 0 Å². The molecule has 0 unspecified atom stereocenters. The molecule has 0 bridgehead atoms. The van der Waals surface area contributed by atoms with Crippen LogP contribution in [0.15, 0.2) is 42.5 Å². The molecule has 0 saturated heterocycles. The zero-order valence-corrected chi connectivity index (χ0v) is 11.4. The summed E-state index contributed by atoms with van der Waals surface area (Å²) < 4.78 is 0. The van der Waals surface area contributed by atoms with Crippen molar-refractivity contribution in [3.05, 3.63) is 64.2 Å². The Hall–Kier alpha value is -2.33. The van der Waals surface area contributed by atoms with Crippen molar-refractivity contribution in [3.8, 4) is 0 Å². The smallest absolute Gasteiger partial charge is 0.337 e. The van der Waals surface area contributed by atoms with Crippen LogP contribution >= 0.6 is 11.6 Å². The molecule has 20 heavy (non-hydrogen) atoms. The fraction of sp³-hybridized carbons (Fsp3) is 0.0667. The van der Waals surface area contributed by atoms with E-state index in [0.717, 1.165) is 0 Å². The van der Waals surface area contributed by atoms with Crippen LogP contribution < -0.4 is 5.32 Å². The highest BCUT2D eigenvalue weighted by Crippen LogP contribution is 2.21. The Morgan fingerprint density at radius 1 is 1.05 bits per heavy atom. The van der Waals surface area contributed by atoms with Crippen LogP contribution in [0, 0.1) is 6.92 Å². The maximum absolute atomic E-state index is 12.2. The minimum Gasteiger partial charge on any atom is -0.478 e. The van der Waals surface area contributed by atoms with Crippen molar-refractivity contribution in [2.45, 2.75) is 6.92 Å². The highest BCUT2D eigenvalue weighted by atomic mass is 35.5. The summed E-state index contributed by atoms with van der Waals surface area (Å²) in [6.07, 6.45) is 0. The van der Waals surface area contributed by atoms with E-state index in [0.29, 0.717) is 16.1 Å². The number of anilines is 1. The zero-order valence-electron chi connectivity index (χ0n) is 10.7. The molecule has 1 amide bonds. The summed E-state index contributed by atoms with van der Waals surface area (Å²) in [5, 5.41) is 12.2. The normalized spacial score (nSPS) is 10.1. The number of halogens is 1. The second-order valence-electron chi connectivity index (χ2n) is 4.22. The van der Waals surface area contributed by atoms with E-state index in [-0.39, 0.29) is 11.3 Å². The van der Waals surface area contributed by atoms with E-state index in [2.05, 4.69) is 5.32 Å². The van der Waals surface area contributed by atoms with Gasteiger partial charge in [0, 0.05) is 10.6 Å². The van der Waals surface area contributed by atoms with Crippen molar-refractivity contribution in [3.63, 3.8) is 0 Å². The molecule has 0 atom stereocenters. The molecular weight excluding hydrogens is 278 g/mol. The van der Waals surface area contributed by atoms with Crippen LogP contribution in [0.5, 0.6) is 0 Å². The molecule has 0 spiro atoms. The molecule has 2 aromatic carbocycles. The second kappa shape index (κ2) is 5.75. The molecule has 4 nitrogen and oxygen atoms in total. The van der Waals surface area contributed by atoms with Gasteiger partial charge >= 0.3 is 5.97 Å². The first-order valence-corrected chi connectivity index (χ1v) is 6.27. The summed E-state index contributed by atoms with van der Waals surface area (Å²) in [6, 6.07) is 11.2. The number of para-hydroxylation sites is 1. The fourth-order valence-corrected chi connectivity index (χ4v) is 2.00. The Labute approximate surface area is 121 Å². The van der Waals surface area contributed by atoms with Crippen LogP contribution in [0.25, 0.3) is 0 Å². The van der Waals surface area contributed by atoms with Gasteiger partial charge in [0.05, 0.1) is 11.3 Å². The van der Waals surface area contributed by atoms with Gasteiger partial charge in [0.15, 0.2) is 0 Å². The molecule has 2 rings (SSSR count). The molecule has 102 valence electrons. The van der Waals surface area contributed by atoms with E-state index in [9.17, 15) is 9.59 Å². The average molecular weight is 290 g/mol. The Balaban J connectivity index is 2.33. The molecule has 0 aliphatic carbocycles. The first-order chi connectivity index (χ1) is 9.50. The predicted molar refractivity (Wildman–Crippen MR) is 77.5 cm³/mol. The Bertz CT molecular complexity index is 683. The number of carbonyl (C=O) groups excluding carboxylic acids is 1. The predicted octanol–water partition coefficient (Wildman–Crippen LogP) is 3.60. The van der Waals surface area contributed by atoms with Crippen molar-refractivity contribution in [2.24, 2.45) is 0 Å². The number of hydrogen-bond acceptors (Lipinski definition) is 2. The molecule has 0 fully saturated rings. The summed E-state index contributed by atoms with van der Waals surface area (Å²) in [7, 11) is 0. The highest BCUT2D eigenvalue weighted by molar-refractivity contribution is 6.32. The van der Waals surface area contributed by atoms with E-state index in [4.69, 9.17) is 16.7 Å². The second-order valence-corrected chi connectivity index (χ2v) is 4.62. The number of benzene rings is 2. The third-order valence-corrected chi connectivity index (χ3v) is 3.33. The fourth-order valence-electron chi connectivity index (χ4n) is 1.82.